The number of aromatic nitrogens is 3. The van der Waals surface area contributed by atoms with E-state index in [1.165, 1.54) is 0 Å². The van der Waals surface area contributed by atoms with E-state index < -0.39 is 0 Å². The Hall–Kier alpha value is -2.08. The molecule has 2 heterocycles. The first-order valence-corrected chi connectivity index (χ1v) is 5.61. The second-order valence-electron chi connectivity index (χ2n) is 4.11. The minimum Gasteiger partial charge on any atom is -0.506 e. The van der Waals surface area contributed by atoms with E-state index in [9.17, 15) is 10.2 Å². The van der Waals surface area contributed by atoms with Crippen molar-refractivity contribution in [3.63, 3.8) is 0 Å². The Morgan fingerprint density at radius 2 is 2.17 bits per heavy atom. The van der Waals surface area contributed by atoms with E-state index in [1.54, 1.807) is 24.0 Å². The molecule has 0 bridgehead atoms. The number of rotatable bonds is 4. The van der Waals surface area contributed by atoms with E-state index in [1.807, 2.05) is 13.2 Å². The summed E-state index contributed by atoms with van der Waals surface area (Å²) in [6.45, 7) is 1.99. The Labute approximate surface area is 105 Å². The molecule has 18 heavy (non-hydrogen) atoms. The van der Waals surface area contributed by atoms with Gasteiger partial charge in [-0.3, -0.25) is 9.67 Å². The van der Waals surface area contributed by atoms with Gasteiger partial charge < -0.3 is 15.5 Å². The highest BCUT2D eigenvalue weighted by Crippen LogP contribution is 2.24. The van der Waals surface area contributed by atoms with Gasteiger partial charge in [0.05, 0.1) is 24.2 Å². The average molecular weight is 248 g/mol. The lowest BCUT2D eigenvalue weighted by atomic mass is 10.1. The van der Waals surface area contributed by atoms with Crippen LogP contribution in [0.5, 0.6) is 5.75 Å². The van der Waals surface area contributed by atoms with Gasteiger partial charge >= 0.3 is 0 Å². The molecule has 2 aromatic heterocycles. The topological polar surface area (TPSA) is 83.2 Å². The van der Waals surface area contributed by atoms with E-state index in [0.29, 0.717) is 23.4 Å². The number of aliphatic hydroxyl groups excluding tert-OH is 1. The molecule has 0 amide bonds. The molecule has 0 aromatic carbocycles. The summed E-state index contributed by atoms with van der Waals surface area (Å²) in [6.07, 6.45) is 5.11. The number of aromatic hydroxyl groups is 1. The third kappa shape index (κ3) is 2.43. The Morgan fingerprint density at radius 1 is 1.39 bits per heavy atom. The Bertz CT molecular complexity index is 551. The maximum atomic E-state index is 9.96. The molecular formula is C12H16N4O2. The quantitative estimate of drug-likeness (QED) is 0.749. The standard InChI is InChI=1S/C12H16N4O2/c1-8-12(18)11(9(7-17)3-13-8)5-14-10-4-15-16(2)6-10/h3-4,6,14,17-18H,5,7H2,1-2H3. The van der Waals surface area contributed by atoms with Crippen LogP contribution in [0.2, 0.25) is 0 Å². The van der Waals surface area contributed by atoms with Crippen LogP contribution in [0.3, 0.4) is 0 Å². The lowest BCUT2D eigenvalue weighted by molar-refractivity contribution is 0.279. The van der Waals surface area contributed by atoms with Gasteiger partial charge in [-0.25, -0.2) is 0 Å². The van der Waals surface area contributed by atoms with Crippen molar-refractivity contribution in [1.29, 1.82) is 0 Å². The van der Waals surface area contributed by atoms with Crippen molar-refractivity contribution in [3.05, 3.63) is 35.4 Å². The average Bonchev–Trinajstić information content (AvgIpc) is 2.77. The fraction of sp³-hybridized carbons (Fsp3) is 0.333. The van der Waals surface area contributed by atoms with Crippen LogP contribution in [0, 0.1) is 6.92 Å². The number of pyridine rings is 1. The molecule has 0 saturated heterocycles. The SMILES string of the molecule is Cc1ncc(CO)c(CNc2cnn(C)c2)c1O. The minimum absolute atomic E-state index is 0.123. The van der Waals surface area contributed by atoms with Crippen LogP contribution in [-0.2, 0) is 20.2 Å². The summed E-state index contributed by atoms with van der Waals surface area (Å²) in [6, 6.07) is 0. The molecule has 0 aliphatic rings. The summed E-state index contributed by atoms with van der Waals surface area (Å²) in [7, 11) is 1.83. The summed E-state index contributed by atoms with van der Waals surface area (Å²) in [5, 5.41) is 26.4. The van der Waals surface area contributed by atoms with Crippen molar-refractivity contribution in [2.45, 2.75) is 20.1 Å². The maximum Gasteiger partial charge on any atom is 0.142 e. The van der Waals surface area contributed by atoms with E-state index in [0.717, 1.165) is 5.69 Å². The minimum atomic E-state index is -0.148. The highest BCUT2D eigenvalue weighted by molar-refractivity contribution is 5.45. The van der Waals surface area contributed by atoms with Crippen LogP contribution in [0.15, 0.2) is 18.6 Å². The van der Waals surface area contributed by atoms with Gasteiger partial charge in [0.2, 0.25) is 0 Å². The van der Waals surface area contributed by atoms with E-state index in [-0.39, 0.29) is 12.4 Å². The largest absolute Gasteiger partial charge is 0.506 e. The Kier molecular flexibility index (Phi) is 3.47. The highest BCUT2D eigenvalue weighted by atomic mass is 16.3. The lowest BCUT2D eigenvalue weighted by Crippen LogP contribution is -2.05. The number of nitrogens with zero attached hydrogens (tertiary/aromatic N) is 3. The smallest absolute Gasteiger partial charge is 0.142 e. The molecule has 0 fully saturated rings. The van der Waals surface area contributed by atoms with E-state index in [4.69, 9.17) is 0 Å². The number of hydrogen-bond donors (Lipinski definition) is 3. The number of hydrogen-bond acceptors (Lipinski definition) is 5. The second kappa shape index (κ2) is 5.05. The first-order valence-electron chi connectivity index (χ1n) is 5.61. The molecule has 6 heteroatoms. The molecule has 6 nitrogen and oxygen atoms in total. The molecule has 96 valence electrons. The Balaban J connectivity index is 2.20. The van der Waals surface area contributed by atoms with Crippen LogP contribution in [0.4, 0.5) is 5.69 Å². The van der Waals surface area contributed by atoms with Gasteiger partial charge in [0.1, 0.15) is 5.75 Å². The second-order valence-corrected chi connectivity index (χ2v) is 4.11. The molecule has 0 atom stereocenters. The van der Waals surface area contributed by atoms with Gasteiger partial charge in [-0.1, -0.05) is 0 Å². The predicted molar refractivity (Wildman–Crippen MR) is 67.1 cm³/mol. The fourth-order valence-corrected chi connectivity index (χ4v) is 1.72. The van der Waals surface area contributed by atoms with Crippen LogP contribution in [0.1, 0.15) is 16.8 Å². The highest BCUT2D eigenvalue weighted by Gasteiger charge is 2.11. The van der Waals surface area contributed by atoms with Crippen LogP contribution in [-0.4, -0.2) is 25.0 Å². The van der Waals surface area contributed by atoms with Crippen molar-refractivity contribution in [2.24, 2.45) is 7.05 Å². The van der Waals surface area contributed by atoms with Gasteiger partial charge in [-0.15, -0.1) is 0 Å². The third-order valence-corrected chi connectivity index (χ3v) is 2.77. The molecule has 0 aliphatic carbocycles. The zero-order chi connectivity index (χ0) is 13.1. The number of aliphatic hydroxyl groups is 1. The van der Waals surface area contributed by atoms with Crippen molar-refractivity contribution in [1.82, 2.24) is 14.8 Å². The van der Waals surface area contributed by atoms with E-state index in [2.05, 4.69) is 15.4 Å². The normalized spacial score (nSPS) is 10.6. The molecule has 0 aliphatic heterocycles. The van der Waals surface area contributed by atoms with Gasteiger partial charge in [-0.05, 0) is 6.92 Å². The molecule has 0 unspecified atom stereocenters. The van der Waals surface area contributed by atoms with Crippen LogP contribution in [0.25, 0.3) is 0 Å². The van der Waals surface area contributed by atoms with Gasteiger partial charge in [0.15, 0.2) is 0 Å². The molecule has 2 rings (SSSR count). The molecule has 2 aromatic rings. The van der Waals surface area contributed by atoms with Crippen molar-refractivity contribution >= 4 is 5.69 Å². The van der Waals surface area contributed by atoms with Crippen LogP contribution < -0.4 is 5.32 Å². The molecule has 0 radical (unpaired) electrons. The first kappa shape index (κ1) is 12.4. The van der Waals surface area contributed by atoms with Gasteiger partial charge in [0, 0.05) is 37.1 Å². The molecular weight excluding hydrogens is 232 g/mol. The van der Waals surface area contributed by atoms with Gasteiger partial charge in [-0.2, -0.15) is 5.10 Å². The Morgan fingerprint density at radius 3 is 2.78 bits per heavy atom. The monoisotopic (exact) mass is 248 g/mol. The van der Waals surface area contributed by atoms with Crippen molar-refractivity contribution in [3.8, 4) is 5.75 Å². The first-order chi connectivity index (χ1) is 8.61. The number of aryl methyl sites for hydroxylation is 2. The maximum absolute atomic E-state index is 9.96. The fourth-order valence-electron chi connectivity index (χ4n) is 1.72. The van der Waals surface area contributed by atoms with E-state index >= 15 is 0 Å². The molecule has 0 spiro atoms. The number of nitrogens with one attached hydrogen (secondary N) is 1. The predicted octanol–water partition coefficient (Wildman–Crippen LogP) is 0.934. The van der Waals surface area contributed by atoms with Crippen molar-refractivity contribution < 1.29 is 10.2 Å². The summed E-state index contributed by atoms with van der Waals surface area (Å²) < 4.78 is 1.69. The summed E-state index contributed by atoms with van der Waals surface area (Å²) >= 11 is 0. The summed E-state index contributed by atoms with van der Waals surface area (Å²) in [5.41, 5.74) is 2.69. The molecule has 0 saturated carbocycles. The van der Waals surface area contributed by atoms with Crippen LogP contribution >= 0.6 is 0 Å². The third-order valence-electron chi connectivity index (χ3n) is 2.77. The number of anilines is 1. The summed E-state index contributed by atoms with van der Waals surface area (Å²) in [5.74, 6) is 0.123. The van der Waals surface area contributed by atoms with Crippen molar-refractivity contribution in [2.75, 3.05) is 5.32 Å². The summed E-state index contributed by atoms with van der Waals surface area (Å²) in [4.78, 5) is 4.02. The van der Waals surface area contributed by atoms with Gasteiger partial charge in [0.25, 0.3) is 0 Å². The zero-order valence-corrected chi connectivity index (χ0v) is 10.4. The zero-order valence-electron chi connectivity index (χ0n) is 10.4. The molecule has 3 N–H and O–H groups in total. The lowest BCUT2D eigenvalue weighted by Gasteiger charge is -2.12.